The van der Waals surface area contributed by atoms with Gasteiger partial charge in [-0.3, -0.25) is 9.88 Å². The zero-order chi connectivity index (χ0) is 13.9. The maximum atomic E-state index is 6.08. The molecule has 1 fully saturated rings. The topological polar surface area (TPSA) is 51.4 Å². The molecule has 20 heavy (non-hydrogen) atoms. The van der Waals surface area contributed by atoms with Crippen molar-refractivity contribution >= 4 is 10.8 Å². The smallest absolute Gasteiger partial charge is 0.0620 e. The third-order valence-electron chi connectivity index (χ3n) is 4.10. The normalized spacial score (nSPS) is 22.0. The van der Waals surface area contributed by atoms with Crippen LogP contribution in [0.15, 0.2) is 36.7 Å². The monoisotopic (exact) mass is 271 g/mol. The summed E-state index contributed by atoms with van der Waals surface area (Å²) in [4.78, 5) is 6.83. The van der Waals surface area contributed by atoms with Crippen molar-refractivity contribution in [2.75, 3.05) is 26.3 Å². The first-order valence-corrected chi connectivity index (χ1v) is 7.17. The molecule has 0 saturated carbocycles. The van der Waals surface area contributed by atoms with Crippen LogP contribution in [0, 0.1) is 0 Å². The van der Waals surface area contributed by atoms with E-state index in [4.69, 9.17) is 10.5 Å². The van der Waals surface area contributed by atoms with Gasteiger partial charge in [0.1, 0.15) is 0 Å². The molecular weight excluding hydrogens is 250 g/mol. The fourth-order valence-corrected chi connectivity index (χ4v) is 3.05. The molecular formula is C16H21N3O. The number of nitrogens with two attached hydrogens (primary N) is 1. The summed E-state index contributed by atoms with van der Waals surface area (Å²) in [6.45, 7) is 5.26. The molecule has 4 nitrogen and oxygen atoms in total. The SMILES string of the molecule is CC1COCCN1C(CN)c1cncc2ccccc12. The van der Waals surface area contributed by atoms with Gasteiger partial charge in [0.25, 0.3) is 0 Å². The minimum atomic E-state index is 0.201. The van der Waals surface area contributed by atoms with Crippen LogP contribution in [0.5, 0.6) is 0 Å². The van der Waals surface area contributed by atoms with Crippen molar-refractivity contribution in [2.45, 2.75) is 19.0 Å². The van der Waals surface area contributed by atoms with Crippen LogP contribution in [-0.4, -0.2) is 42.2 Å². The zero-order valence-corrected chi connectivity index (χ0v) is 11.8. The lowest BCUT2D eigenvalue weighted by Gasteiger charge is -2.39. The molecule has 1 aliphatic heterocycles. The molecule has 2 N–H and O–H groups in total. The number of rotatable bonds is 3. The minimum absolute atomic E-state index is 0.201. The van der Waals surface area contributed by atoms with Crippen LogP contribution in [0.2, 0.25) is 0 Å². The van der Waals surface area contributed by atoms with Gasteiger partial charge >= 0.3 is 0 Å². The molecule has 3 rings (SSSR count). The number of aromatic nitrogens is 1. The van der Waals surface area contributed by atoms with E-state index in [1.807, 2.05) is 18.5 Å². The van der Waals surface area contributed by atoms with E-state index in [9.17, 15) is 0 Å². The maximum absolute atomic E-state index is 6.08. The van der Waals surface area contributed by atoms with E-state index in [0.717, 1.165) is 19.8 Å². The Labute approximate surface area is 119 Å². The van der Waals surface area contributed by atoms with Gasteiger partial charge in [0.15, 0.2) is 0 Å². The molecule has 1 aliphatic rings. The second-order valence-corrected chi connectivity index (χ2v) is 5.36. The lowest BCUT2D eigenvalue weighted by Crippen LogP contribution is -2.47. The molecule has 2 heterocycles. The Kier molecular flexibility index (Phi) is 3.96. The van der Waals surface area contributed by atoms with Crippen LogP contribution in [0.25, 0.3) is 10.8 Å². The summed E-state index contributed by atoms with van der Waals surface area (Å²) in [5.41, 5.74) is 7.30. The van der Waals surface area contributed by atoms with E-state index in [1.165, 1.54) is 16.3 Å². The average Bonchev–Trinajstić information content (AvgIpc) is 2.50. The predicted octanol–water partition coefficient (Wildman–Crippen LogP) is 1.96. The van der Waals surface area contributed by atoms with Crippen molar-refractivity contribution in [3.05, 3.63) is 42.2 Å². The van der Waals surface area contributed by atoms with E-state index in [-0.39, 0.29) is 6.04 Å². The number of hydrogen-bond acceptors (Lipinski definition) is 4. The first kappa shape index (κ1) is 13.5. The first-order chi connectivity index (χ1) is 9.81. The van der Waals surface area contributed by atoms with Gasteiger partial charge in [-0.05, 0) is 17.9 Å². The van der Waals surface area contributed by atoms with E-state index in [2.05, 4.69) is 35.0 Å². The summed E-state index contributed by atoms with van der Waals surface area (Å²) in [7, 11) is 0. The second kappa shape index (κ2) is 5.87. The summed E-state index contributed by atoms with van der Waals surface area (Å²) in [6.07, 6.45) is 3.87. The number of pyridine rings is 1. The number of morpholine rings is 1. The number of ether oxygens (including phenoxy) is 1. The highest BCUT2D eigenvalue weighted by Crippen LogP contribution is 2.29. The maximum Gasteiger partial charge on any atom is 0.0620 e. The highest BCUT2D eigenvalue weighted by molar-refractivity contribution is 5.85. The fourth-order valence-electron chi connectivity index (χ4n) is 3.05. The Bertz CT molecular complexity index is 581. The molecule has 4 heteroatoms. The number of hydrogen-bond donors (Lipinski definition) is 1. The molecule has 1 aromatic heterocycles. The third-order valence-corrected chi connectivity index (χ3v) is 4.10. The quantitative estimate of drug-likeness (QED) is 0.927. The highest BCUT2D eigenvalue weighted by Gasteiger charge is 2.27. The van der Waals surface area contributed by atoms with Crippen molar-refractivity contribution in [2.24, 2.45) is 5.73 Å². The van der Waals surface area contributed by atoms with Crippen LogP contribution in [0.3, 0.4) is 0 Å². The molecule has 106 valence electrons. The van der Waals surface area contributed by atoms with E-state index in [1.54, 1.807) is 0 Å². The lowest BCUT2D eigenvalue weighted by atomic mass is 9.99. The van der Waals surface area contributed by atoms with Gasteiger partial charge in [-0.1, -0.05) is 24.3 Å². The Balaban J connectivity index is 2.02. The van der Waals surface area contributed by atoms with Gasteiger partial charge in [0.2, 0.25) is 0 Å². The van der Waals surface area contributed by atoms with Gasteiger partial charge < -0.3 is 10.5 Å². The van der Waals surface area contributed by atoms with Crippen LogP contribution >= 0.6 is 0 Å². The third kappa shape index (κ3) is 2.42. The van der Waals surface area contributed by atoms with Crippen molar-refractivity contribution < 1.29 is 4.74 Å². The highest BCUT2D eigenvalue weighted by atomic mass is 16.5. The summed E-state index contributed by atoms with van der Waals surface area (Å²) >= 11 is 0. The second-order valence-electron chi connectivity index (χ2n) is 5.36. The van der Waals surface area contributed by atoms with Crippen LogP contribution in [-0.2, 0) is 4.74 Å². The molecule has 2 unspecified atom stereocenters. The molecule has 0 amide bonds. The number of fused-ring (bicyclic) bond motifs is 1. The van der Waals surface area contributed by atoms with Crippen LogP contribution in [0.1, 0.15) is 18.5 Å². The van der Waals surface area contributed by atoms with Gasteiger partial charge in [-0.15, -0.1) is 0 Å². The van der Waals surface area contributed by atoms with Gasteiger partial charge in [-0.25, -0.2) is 0 Å². The van der Waals surface area contributed by atoms with Crippen molar-refractivity contribution in [3.8, 4) is 0 Å². The molecule has 0 bridgehead atoms. The summed E-state index contributed by atoms with van der Waals surface area (Å²) in [5.74, 6) is 0. The standard InChI is InChI=1S/C16H21N3O/c1-12-11-20-7-6-19(12)16(8-17)15-10-18-9-13-4-2-3-5-14(13)15/h2-5,9-10,12,16H,6-8,11,17H2,1H3. The van der Waals surface area contributed by atoms with E-state index >= 15 is 0 Å². The Morgan fingerprint density at radius 2 is 2.25 bits per heavy atom. The Morgan fingerprint density at radius 1 is 1.40 bits per heavy atom. The molecule has 0 aliphatic carbocycles. The average molecular weight is 271 g/mol. The largest absolute Gasteiger partial charge is 0.379 e. The summed E-state index contributed by atoms with van der Waals surface area (Å²) in [6, 6.07) is 8.95. The number of benzene rings is 1. The number of nitrogens with zero attached hydrogens (tertiary/aromatic N) is 2. The Hall–Kier alpha value is -1.49. The summed E-state index contributed by atoms with van der Waals surface area (Å²) < 4.78 is 5.53. The Morgan fingerprint density at radius 3 is 3.05 bits per heavy atom. The van der Waals surface area contributed by atoms with E-state index < -0.39 is 0 Å². The van der Waals surface area contributed by atoms with Crippen LogP contribution < -0.4 is 5.73 Å². The molecule has 0 radical (unpaired) electrons. The molecule has 2 aromatic rings. The van der Waals surface area contributed by atoms with Crippen molar-refractivity contribution in [3.63, 3.8) is 0 Å². The molecule has 0 spiro atoms. The fraction of sp³-hybridized carbons (Fsp3) is 0.438. The van der Waals surface area contributed by atoms with Gasteiger partial charge in [0, 0.05) is 43.0 Å². The van der Waals surface area contributed by atoms with Crippen LogP contribution in [0.4, 0.5) is 0 Å². The van der Waals surface area contributed by atoms with Crippen molar-refractivity contribution in [1.29, 1.82) is 0 Å². The van der Waals surface area contributed by atoms with Gasteiger partial charge in [-0.2, -0.15) is 0 Å². The van der Waals surface area contributed by atoms with Crippen molar-refractivity contribution in [1.82, 2.24) is 9.88 Å². The molecule has 1 aromatic carbocycles. The lowest BCUT2D eigenvalue weighted by molar-refractivity contribution is -0.0207. The zero-order valence-electron chi connectivity index (χ0n) is 11.8. The minimum Gasteiger partial charge on any atom is -0.379 e. The summed E-state index contributed by atoms with van der Waals surface area (Å²) in [5, 5.41) is 2.42. The molecule has 1 saturated heterocycles. The predicted molar refractivity (Wildman–Crippen MR) is 80.5 cm³/mol. The van der Waals surface area contributed by atoms with Gasteiger partial charge in [0.05, 0.1) is 13.2 Å². The van der Waals surface area contributed by atoms with E-state index in [0.29, 0.717) is 12.6 Å². The first-order valence-electron chi connectivity index (χ1n) is 7.17. The molecule has 2 atom stereocenters.